The minimum Gasteiger partial charge on any atom is -0.328 e. The minimum atomic E-state index is -3.73. The molecule has 2 N–H and O–H groups in total. The van der Waals surface area contributed by atoms with E-state index in [0.29, 0.717) is 5.92 Å². The van der Waals surface area contributed by atoms with Crippen LogP contribution in [0.4, 0.5) is 4.79 Å². The normalized spacial score (nSPS) is 12.5. The van der Waals surface area contributed by atoms with E-state index in [1.165, 1.54) is 30.2 Å². The van der Waals surface area contributed by atoms with Crippen molar-refractivity contribution >= 4 is 39.1 Å². The Hall–Kier alpha value is -2.01. The number of sulfonamides is 1. The van der Waals surface area contributed by atoms with Gasteiger partial charge in [0.05, 0.1) is 36.0 Å². The Morgan fingerprint density at radius 2 is 1.92 bits per heavy atom. The quantitative estimate of drug-likeness (QED) is 0.661. The largest absolute Gasteiger partial charge is 0.328 e. The maximum Gasteiger partial charge on any atom is 0.318 e. The van der Waals surface area contributed by atoms with Crippen LogP contribution in [0.3, 0.4) is 0 Å². The van der Waals surface area contributed by atoms with E-state index in [0.717, 1.165) is 17.0 Å². The number of amides is 3. The topological polar surface area (TPSA) is 126 Å². The Labute approximate surface area is 157 Å². The fourth-order valence-electron chi connectivity index (χ4n) is 1.96. The number of nitrogens with one attached hydrogen (secondary N) is 2. The number of hydrogen-bond acceptors (Lipinski definition) is 7. The maximum absolute atomic E-state index is 12.3. The number of ketones is 1. The molecule has 0 bridgehead atoms. The van der Waals surface area contributed by atoms with Gasteiger partial charge >= 0.3 is 6.03 Å². The molecule has 0 aliphatic rings. The van der Waals surface area contributed by atoms with Crippen LogP contribution in [0.1, 0.15) is 43.8 Å². The van der Waals surface area contributed by atoms with Crippen LogP contribution < -0.4 is 10.0 Å². The van der Waals surface area contributed by atoms with E-state index in [9.17, 15) is 22.8 Å². The van der Waals surface area contributed by atoms with Gasteiger partial charge in [-0.25, -0.2) is 18.2 Å². The van der Waals surface area contributed by atoms with Crippen LogP contribution in [0.2, 0.25) is 0 Å². The van der Waals surface area contributed by atoms with E-state index in [1.54, 1.807) is 4.72 Å². The van der Waals surface area contributed by atoms with Crippen molar-refractivity contribution in [1.29, 1.82) is 0 Å². The number of Topliss-reactive ketones (excluding diaryl/α,β-unsaturated/α-hetero) is 1. The van der Waals surface area contributed by atoms with Gasteiger partial charge in [-0.15, -0.1) is 11.3 Å². The number of rotatable bonds is 8. The summed E-state index contributed by atoms with van der Waals surface area (Å²) >= 11 is 1.51. The van der Waals surface area contributed by atoms with Crippen molar-refractivity contribution in [2.45, 2.75) is 45.7 Å². The number of urea groups is 1. The van der Waals surface area contributed by atoms with Crippen LogP contribution in [0.15, 0.2) is 5.38 Å². The summed E-state index contributed by atoms with van der Waals surface area (Å²) in [5, 5.41) is 5.27. The Kier molecular flexibility index (Phi) is 7.69. The van der Waals surface area contributed by atoms with Gasteiger partial charge in [0.2, 0.25) is 15.9 Å². The van der Waals surface area contributed by atoms with Crippen LogP contribution in [0.5, 0.6) is 0 Å². The molecule has 1 heterocycles. The van der Waals surface area contributed by atoms with Crippen molar-refractivity contribution < 1.29 is 22.8 Å². The van der Waals surface area contributed by atoms with E-state index in [-0.39, 0.29) is 6.54 Å². The van der Waals surface area contributed by atoms with E-state index >= 15 is 0 Å². The first-order chi connectivity index (χ1) is 11.9. The lowest BCUT2D eigenvalue weighted by atomic mass is 10.1. The lowest BCUT2D eigenvalue weighted by molar-refractivity contribution is -0.125. The summed E-state index contributed by atoms with van der Waals surface area (Å²) in [6.45, 7) is 5.51. The Balaban J connectivity index is 2.67. The fourth-order valence-corrected chi connectivity index (χ4v) is 3.29. The summed E-state index contributed by atoms with van der Waals surface area (Å²) in [5.74, 6) is -1.02. The van der Waals surface area contributed by atoms with Crippen molar-refractivity contribution in [3.05, 3.63) is 16.1 Å². The summed E-state index contributed by atoms with van der Waals surface area (Å²) in [7, 11) is -2.19. The SMILES string of the molecule is CC(=O)[C@H](CC(=O)NS(C)(=O)=O)NC(=O)N(C)Cc1csc(C(C)C)n1. The molecule has 0 aliphatic carbocycles. The number of thiazole rings is 1. The number of carbonyl (C=O) groups is 3. The predicted molar refractivity (Wildman–Crippen MR) is 98.3 cm³/mol. The Morgan fingerprint density at radius 1 is 1.31 bits per heavy atom. The molecule has 0 radical (unpaired) electrons. The Morgan fingerprint density at radius 3 is 2.38 bits per heavy atom. The van der Waals surface area contributed by atoms with Crippen LogP contribution >= 0.6 is 11.3 Å². The predicted octanol–water partition coefficient (Wildman–Crippen LogP) is 0.831. The summed E-state index contributed by atoms with van der Waals surface area (Å²) < 4.78 is 23.9. The third-order valence-electron chi connectivity index (χ3n) is 3.29. The van der Waals surface area contributed by atoms with E-state index in [2.05, 4.69) is 10.3 Å². The minimum absolute atomic E-state index is 0.245. The van der Waals surface area contributed by atoms with E-state index in [1.807, 2.05) is 19.2 Å². The molecule has 1 aromatic rings. The monoisotopic (exact) mass is 404 g/mol. The van der Waals surface area contributed by atoms with Crippen LogP contribution in [-0.4, -0.2) is 55.4 Å². The van der Waals surface area contributed by atoms with Crippen molar-refractivity contribution in [2.75, 3.05) is 13.3 Å². The molecule has 26 heavy (non-hydrogen) atoms. The van der Waals surface area contributed by atoms with Crippen molar-refractivity contribution in [1.82, 2.24) is 19.9 Å². The third-order valence-corrected chi connectivity index (χ3v) is 5.08. The van der Waals surface area contributed by atoms with Gasteiger partial charge in [-0.05, 0) is 6.92 Å². The molecule has 0 spiro atoms. The second kappa shape index (κ2) is 9.08. The standard InChI is InChI=1S/C15H24N4O5S2/c1-9(2)14-16-11(8-25-14)7-19(4)15(22)17-12(10(3)20)6-13(21)18-26(5,23)24/h8-9,12H,6-7H2,1-5H3,(H,17,22)(H,18,21)/t12-/m0/s1. The second-order valence-electron chi connectivity index (χ2n) is 6.30. The second-order valence-corrected chi connectivity index (χ2v) is 8.94. The zero-order chi connectivity index (χ0) is 20.1. The average molecular weight is 405 g/mol. The molecular formula is C15H24N4O5S2. The zero-order valence-corrected chi connectivity index (χ0v) is 17.0. The smallest absolute Gasteiger partial charge is 0.318 e. The lowest BCUT2D eigenvalue weighted by Gasteiger charge is -2.21. The summed E-state index contributed by atoms with van der Waals surface area (Å²) in [5.41, 5.74) is 0.727. The summed E-state index contributed by atoms with van der Waals surface area (Å²) in [6, 6.07) is -1.68. The molecule has 11 heteroatoms. The molecule has 0 aromatic carbocycles. The zero-order valence-electron chi connectivity index (χ0n) is 15.4. The molecule has 0 aliphatic heterocycles. The van der Waals surface area contributed by atoms with Crippen molar-refractivity contribution in [2.24, 2.45) is 0 Å². The molecule has 1 aromatic heterocycles. The Bertz CT molecular complexity index is 773. The van der Waals surface area contributed by atoms with Gasteiger partial charge in [0.15, 0.2) is 5.78 Å². The van der Waals surface area contributed by atoms with Gasteiger partial charge in [-0.1, -0.05) is 13.8 Å². The molecule has 0 fully saturated rings. The van der Waals surface area contributed by atoms with Gasteiger partial charge in [0.1, 0.15) is 0 Å². The molecule has 3 amide bonds. The van der Waals surface area contributed by atoms with Gasteiger partial charge in [-0.3, -0.25) is 14.3 Å². The first-order valence-corrected chi connectivity index (χ1v) is 10.6. The molecule has 0 unspecified atom stereocenters. The summed E-state index contributed by atoms with van der Waals surface area (Å²) in [4.78, 5) is 41.4. The lowest BCUT2D eigenvalue weighted by Crippen LogP contribution is -2.48. The highest BCUT2D eigenvalue weighted by Crippen LogP contribution is 2.19. The molecule has 146 valence electrons. The average Bonchev–Trinajstić information content (AvgIpc) is 2.92. The summed E-state index contributed by atoms with van der Waals surface area (Å²) in [6.07, 6.45) is 0.371. The van der Waals surface area contributed by atoms with Gasteiger partial charge < -0.3 is 10.2 Å². The first-order valence-electron chi connectivity index (χ1n) is 7.86. The van der Waals surface area contributed by atoms with E-state index < -0.39 is 40.2 Å². The maximum atomic E-state index is 12.3. The van der Waals surface area contributed by atoms with Crippen LogP contribution in [-0.2, 0) is 26.2 Å². The molecule has 1 rings (SSSR count). The van der Waals surface area contributed by atoms with Crippen LogP contribution in [0.25, 0.3) is 0 Å². The number of carbonyl (C=O) groups excluding carboxylic acids is 3. The number of nitrogens with zero attached hydrogens (tertiary/aromatic N) is 2. The van der Waals surface area contributed by atoms with Crippen molar-refractivity contribution in [3.8, 4) is 0 Å². The van der Waals surface area contributed by atoms with Crippen molar-refractivity contribution in [3.63, 3.8) is 0 Å². The number of hydrogen-bond donors (Lipinski definition) is 2. The molecule has 0 saturated carbocycles. The van der Waals surface area contributed by atoms with Gasteiger partial charge in [-0.2, -0.15) is 0 Å². The van der Waals surface area contributed by atoms with Crippen LogP contribution in [0, 0.1) is 0 Å². The molecule has 0 saturated heterocycles. The third kappa shape index (κ3) is 7.48. The molecular weight excluding hydrogens is 380 g/mol. The highest BCUT2D eigenvalue weighted by molar-refractivity contribution is 7.89. The first kappa shape index (κ1) is 22.0. The van der Waals surface area contributed by atoms with Gasteiger partial charge in [0, 0.05) is 18.3 Å². The highest BCUT2D eigenvalue weighted by Gasteiger charge is 2.24. The van der Waals surface area contributed by atoms with E-state index in [4.69, 9.17) is 0 Å². The highest BCUT2D eigenvalue weighted by atomic mass is 32.2. The number of aromatic nitrogens is 1. The molecule has 1 atom stereocenters. The molecule has 9 nitrogen and oxygen atoms in total. The fraction of sp³-hybridized carbons (Fsp3) is 0.600. The van der Waals surface area contributed by atoms with Gasteiger partial charge in [0.25, 0.3) is 0 Å².